The molecule has 19 atom stereocenters. The number of cyclic esters (lactones) is 1. The molecule has 3 unspecified atom stereocenters. The molecular formula is C49H74N2O11. The number of hydrogen-bond donors (Lipinski definition) is 0. The number of likely N-dealkylation sites (N-methyl/N-ethyl adjacent to an activating group) is 1. The highest BCUT2D eigenvalue weighted by atomic mass is 16.7. The third-order valence-electron chi connectivity index (χ3n) is 16.0. The van der Waals surface area contributed by atoms with Crippen LogP contribution in [0.25, 0.3) is 0 Å². The molecule has 13 nitrogen and oxygen atoms in total. The molecule has 8 rings (SSSR count). The number of aryl methyl sites for hydroxylation is 1. The second kappa shape index (κ2) is 19.1. The molecule has 0 radical (unpaired) electrons. The smallest absolute Gasteiger partial charge is 0.306 e. The summed E-state index contributed by atoms with van der Waals surface area (Å²) in [6.07, 6.45) is 5.79. The molecule has 0 amide bonds. The normalized spacial score (nSPS) is 43.4. The SMILES string of the molecule is CC[C@H]1CCC[C@H](O[C@H]2CC[C@H](N(C)C)C(C)O2)[C@@H](C)C(=O)C2=C[C@H]3[C@@H]4C[C@H](O[C@@H]5OC(C)[C@H](OC)C(OC)[C@@H]5OC)C[C@H]4[C@H]4[C@@H]([C@H]3[C@@H]2CC(=O)O1)N4c1cc(C)cc(OC)c1. The summed E-state index contributed by atoms with van der Waals surface area (Å²) in [6.45, 7) is 10.3. The van der Waals surface area contributed by atoms with Gasteiger partial charge in [0.2, 0.25) is 0 Å². The van der Waals surface area contributed by atoms with E-state index < -0.39 is 18.3 Å². The van der Waals surface area contributed by atoms with Gasteiger partial charge in [-0.2, -0.15) is 0 Å². The van der Waals surface area contributed by atoms with Crippen LogP contribution < -0.4 is 9.64 Å². The van der Waals surface area contributed by atoms with Crippen molar-refractivity contribution in [3.8, 4) is 5.75 Å². The van der Waals surface area contributed by atoms with Gasteiger partial charge in [0.15, 0.2) is 18.4 Å². The third-order valence-corrected chi connectivity index (χ3v) is 16.0. The molecule has 13 heteroatoms. The number of carbonyl (C=O) groups is 2. The van der Waals surface area contributed by atoms with Gasteiger partial charge in [0.05, 0.1) is 50.0 Å². The maximum Gasteiger partial charge on any atom is 0.306 e. The fourth-order valence-corrected chi connectivity index (χ4v) is 13.0. The average molecular weight is 867 g/mol. The standard InChI is InChI=1S/C49H74N2O11/c1-12-30-14-13-15-39(62-41-17-16-38(50(6)7)27(4)58-41)26(3)45(53)37-23-34-33-21-32(61-49-48(57-11)47(56-10)46(55-9)28(5)59-49)22-36(33)43-44(42(34)35(37)24-40(52)60-30)51(43)29-18-25(2)19-31(20-29)54-8/h18-20,23,26-28,30,32-36,38-39,41-44,46-49H,12-17,21-22,24H2,1-11H3/t26-,27?,28?,30+,32+,33+,34+,35-,36-,38+,39+,41+,42-,43+,44-,46+,47?,48+,49+,51?/m1/s1. The fraction of sp³-hybridized carbons (Fsp3) is 0.796. The van der Waals surface area contributed by atoms with Crippen LogP contribution in [-0.2, 0) is 47.5 Å². The number of rotatable bonds is 11. The van der Waals surface area contributed by atoms with Crippen molar-refractivity contribution in [1.82, 2.24) is 4.90 Å². The second-order valence-electron chi connectivity index (χ2n) is 19.7. The number of methoxy groups -OCH3 is 4. The number of esters is 1. The summed E-state index contributed by atoms with van der Waals surface area (Å²) in [5.41, 5.74) is 3.00. The lowest BCUT2D eigenvalue weighted by Crippen LogP contribution is -2.59. The molecule has 346 valence electrons. The summed E-state index contributed by atoms with van der Waals surface area (Å²) in [7, 11) is 10.9. The van der Waals surface area contributed by atoms with Crippen LogP contribution in [0.5, 0.6) is 5.75 Å². The van der Waals surface area contributed by atoms with Gasteiger partial charge in [0.25, 0.3) is 0 Å². The van der Waals surface area contributed by atoms with E-state index in [0.29, 0.717) is 18.4 Å². The van der Waals surface area contributed by atoms with E-state index in [1.54, 1.807) is 28.4 Å². The lowest BCUT2D eigenvalue weighted by atomic mass is 9.66. The van der Waals surface area contributed by atoms with Gasteiger partial charge < -0.3 is 52.4 Å². The largest absolute Gasteiger partial charge is 0.497 e. The summed E-state index contributed by atoms with van der Waals surface area (Å²) >= 11 is 0. The topological polar surface area (TPSA) is 123 Å². The van der Waals surface area contributed by atoms with Crippen molar-refractivity contribution < 1.29 is 52.2 Å². The quantitative estimate of drug-likeness (QED) is 0.178. The van der Waals surface area contributed by atoms with E-state index in [4.69, 9.17) is 42.6 Å². The summed E-state index contributed by atoms with van der Waals surface area (Å²) in [5.74, 6) is 0.612. The molecule has 0 aromatic heterocycles. The van der Waals surface area contributed by atoms with Gasteiger partial charge in [-0.05, 0) is 133 Å². The molecule has 6 fully saturated rings. The number of anilines is 1. The Morgan fingerprint density at radius 3 is 2.24 bits per heavy atom. The Labute approximate surface area is 369 Å². The minimum atomic E-state index is -0.637. The Balaban J connectivity index is 1.12. The number of allylic oxidation sites excluding steroid dienone is 2. The Morgan fingerprint density at radius 1 is 0.823 bits per heavy atom. The number of ketones is 1. The molecule has 1 aromatic carbocycles. The summed E-state index contributed by atoms with van der Waals surface area (Å²) in [4.78, 5) is 34.1. The van der Waals surface area contributed by atoms with Crippen LogP contribution in [0.4, 0.5) is 5.69 Å². The van der Waals surface area contributed by atoms with E-state index in [9.17, 15) is 4.79 Å². The number of carbonyl (C=O) groups excluding carboxylic acids is 2. The fourth-order valence-electron chi connectivity index (χ4n) is 13.0. The van der Waals surface area contributed by atoms with Gasteiger partial charge in [0, 0.05) is 51.0 Å². The zero-order valence-electron chi connectivity index (χ0n) is 39.0. The molecule has 2 saturated carbocycles. The zero-order chi connectivity index (χ0) is 44.1. The van der Waals surface area contributed by atoms with Crippen molar-refractivity contribution >= 4 is 17.4 Å². The maximum absolute atomic E-state index is 15.2. The monoisotopic (exact) mass is 867 g/mol. The molecule has 3 aliphatic carbocycles. The Morgan fingerprint density at radius 2 is 1.56 bits per heavy atom. The van der Waals surface area contributed by atoms with E-state index in [1.807, 2.05) is 13.8 Å². The molecular weight excluding hydrogens is 793 g/mol. The summed E-state index contributed by atoms with van der Waals surface area (Å²) in [5, 5.41) is 0. The highest BCUT2D eigenvalue weighted by Gasteiger charge is 2.69. The van der Waals surface area contributed by atoms with Gasteiger partial charge in [-0.15, -0.1) is 0 Å². The summed E-state index contributed by atoms with van der Waals surface area (Å²) < 4.78 is 56.5. The molecule has 0 spiro atoms. The van der Waals surface area contributed by atoms with E-state index in [0.717, 1.165) is 67.5 Å². The Bertz CT molecular complexity index is 1770. The number of fused-ring (bicyclic) bond motifs is 8. The van der Waals surface area contributed by atoms with Crippen LogP contribution >= 0.6 is 0 Å². The van der Waals surface area contributed by atoms with Gasteiger partial charge in [-0.25, -0.2) is 0 Å². The first-order valence-electron chi connectivity index (χ1n) is 23.6. The minimum absolute atomic E-state index is 0.0158. The van der Waals surface area contributed by atoms with Crippen molar-refractivity contribution in [2.75, 3.05) is 47.4 Å². The molecule has 7 aliphatic rings. The molecule has 0 N–H and O–H groups in total. The molecule has 4 heterocycles. The Kier molecular flexibility index (Phi) is 14.1. The first kappa shape index (κ1) is 45.9. The Hall–Kier alpha value is -2.62. The van der Waals surface area contributed by atoms with Crippen molar-refractivity contribution in [3.05, 3.63) is 35.4 Å². The van der Waals surface area contributed by atoms with E-state index in [-0.39, 0.29) is 103 Å². The maximum atomic E-state index is 15.2. The average Bonchev–Trinajstić information content (AvgIpc) is 3.66. The van der Waals surface area contributed by atoms with E-state index in [1.165, 1.54) is 0 Å². The molecule has 0 bridgehead atoms. The van der Waals surface area contributed by atoms with Crippen molar-refractivity contribution in [3.63, 3.8) is 0 Å². The number of benzene rings is 1. The van der Waals surface area contributed by atoms with Crippen LogP contribution in [0, 0.1) is 42.4 Å². The number of ether oxygens (including phenoxy) is 9. The second-order valence-corrected chi connectivity index (χ2v) is 19.7. The van der Waals surface area contributed by atoms with E-state index >= 15 is 4.79 Å². The van der Waals surface area contributed by atoms with Crippen LogP contribution in [0.15, 0.2) is 29.8 Å². The van der Waals surface area contributed by atoms with Gasteiger partial charge in [-0.1, -0.05) is 19.9 Å². The van der Waals surface area contributed by atoms with Crippen LogP contribution in [-0.4, -0.2) is 139 Å². The molecule has 4 saturated heterocycles. The molecule has 4 aliphatic heterocycles. The van der Waals surface area contributed by atoms with E-state index in [2.05, 4.69) is 68.9 Å². The predicted molar refractivity (Wildman–Crippen MR) is 233 cm³/mol. The van der Waals surface area contributed by atoms with Gasteiger partial charge in [-0.3, -0.25) is 9.59 Å². The number of Topliss-reactive ketones (excluding diaryl/α,β-unsaturated/α-hetero) is 1. The first-order chi connectivity index (χ1) is 29.8. The van der Waals surface area contributed by atoms with Crippen LogP contribution in [0.2, 0.25) is 0 Å². The lowest BCUT2D eigenvalue weighted by Gasteiger charge is -2.44. The number of nitrogens with zero attached hydrogens (tertiary/aromatic N) is 2. The highest BCUT2D eigenvalue weighted by Crippen LogP contribution is 2.65. The first-order valence-corrected chi connectivity index (χ1v) is 23.6. The van der Waals surface area contributed by atoms with Crippen LogP contribution in [0.1, 0.15) is 91.0 Å². The van der Waals surface area contributed by atoms with Gasteiger partial charge >= 0.3 is 5.97 Å². The molecule has 1 aromatic rings. The summed E-state index contributed by atoms with van der Waals surface area (Å²) in [6, 6.07) is 7.08. The highest BCUT2D eigenvalue weighted by molar-refractivity contribution is 5.99. The van der Waals surface area contributed by atoms with Crippen molar-refractivity contribution in [1.29, 1.82) is 0 Å². The molecule has 62 heavy (non-hydrogen) atoms. The predicted octanol–water partition coefficient (Wildman–Crippen LogP) is 6.51. The van der Waals surface area contributed by atoms with Crippen LogP contribution in [0.3, 0.4) is 0 Å². The zero-order valence-corrected chi connectivity index (χ0v) is 39.0. The minimum Gasteiger partial charge on any atom is -0.497 e. The number of hydrogen-bond acceptors (Lipinski definition) is 13. The lowest BCUT2D eigenvalue weighted by molar-refractivity contribution is -0.314. The third kappa shape index (κ3) is 8.75. The van der Waals surface area contributed by atoms with Crippen molar-refractivity contribution in [2.24, 2.45) is 35.5 Å². The van der Waals surface area contributed by atoms with Crippen molar-refractivity contribution in [2.45, 2.75) is 172 Å². The van der Waals surface area contributed by atoms with Gasteiger partial charge in [0.1, 0.15) is 30.2 Å².